The highest BCUT2D eigenvalue weighted by Crippen LogP contribution is 2.22. The molecule has 1 heterocycles. The molecule has 0 aromatic heterocycles. The van der Waals surface area contributed by atoms with E-state index in [1.54, 1.807) is 24.3 Å². The van der Waals surface area contributed by atoms with E-state index in [1.807, 2.05) is 33.8 Å². The largest absolute Gasteiger partial charge is 0.351 e. The van der Waals surface area contributed by atoms with Crippen LogP contribution in [0.15, 0.2) is 30.3 Å². The van der Waals surface area contributed by atoms with Crippen molar-refractivity contribution in [1.82, 2.24) is 15.5 Å². The van der Waals surface area contributed by atoms with E-state index in [4.69, 9.17) is 5.73 Å². The van der Waals surface area contributed by atoms with Gasteiger partial charge in [-0.15, -0.1) is 0 Å². The van der Waals surface area contributed by atoms with Gasteiger partial charge in [0.15, 0.2) is 0 Å². The molecule has 3 atom stereocenters. The number of benzene rings is 1. The number of nitrogens with two attached hydrogens (primary N) is 1. The Balaban J connectivity index is 2.08. The molecule has 1 aliphatic rings. The Morgan fingerprint density at radius 1 is 1.22 bits per heavy atom. The Morgan fingerprint density at radius 2 is 1.85 bits per heavy atom. The number of likely N-dealkylation sites (tertiary alicyclic amines) is 1. The number of nitrogens with one attached hydrogen (secondary N) is 2. The van der Waals surface area contributed by atoms with Crippen LogP contribution < -0.4 is 16.4 Å². The lowest BCUT2D eigenvalue weighted by atomic mass is 9.88. The molecule has 1 saturated heterocycles. The summed E-state index contributed by atoms with van der Waals surface area (Å²) in [6, 6.07) is 7.88. The van der Waals surface area contributed by atoms with Crippen molar-refractivity contribution in [3.05, 3.63) is 35.9 Å². The van der Waals surface area contributed by atoms with Crippen molar-refractivity contribution in [2.24, 2.45) is 11.1 Å². The molecule has 1 fully saturated rings. The second-order valence-electron chi connectivity index (χ2n) is 8.13. The summed E-state index contributed by atoms with van der Waals surface area (Å²) in [4.78, 5) is 38.9. The Bertz CT molecular complexity index is 684. The normalized spacial score (nSPS) is 20.9. The molecule has 0 spiro atoms. The SMILES string of the molecule is C[C@@H](NC(=O)[C@@H]1C[C@@H](NC(=O)c2ccccc2)CN1C(=O)CN)C(C)(C)C. The average Bonchev–Trinajstić information content (AvgIpc) is 3.04. The Labute approximate surface area is 160 Å². The van der Waals surface area contributed by atoms with Crippen LogP contribution in [0.2, 0.25) is 0 Å². The first-order valence-corrected chi connectivity index (χ1v) is 9.29. The fourth-order valence-electron chi connectivity index (χ4n) is 2.97. The first kappa shape index (κ1) is 20.9. The van der Waals surface area contributed by atoms with Gasteiger partial charge in [0.25, 0.3) is 5.91 Å². The number of rotatable bonds is 5. The van der Waals surface area contributed by atoms with Gasteiger partial charge in [-0.3, -0.25) is 14.4 Å². The maximum absolute atomic E-state index is 12.8. The molecule has 1 aromatic rings. The topological polar surface area (TPSA) is 105 Å². The van der Waals surface area contributed by atoms with Gasteiger partial charge in [-0.2, -0.15) is 0 Å². The summed E-state index contributed by atoms with van der Waals surface area (Å²) in [5, 5.41) is 5.91. The van der Waals surface area contributed by atoms with Crippen molar-refractivity contribution < 1.29 is 14.4 Å². The number of nitrogens with zero attached hydrogens (tertiary/aromatic N) is 1. The Kier molecular flexibility index (Phi) is 6.59. The minimum absolute atomic E-state index is 0.0576. The molecule has 1 aliphatic heterocycles. The van der Waals surface area contributed by atoms with E-state index >= 15 is 0 Å². The number of hydrogen-bond donors (Lipinski definition) is 3. The van der Waals surface area contributed by atoms with E-state index in [9.17, 15) is 14.4 Å². The molecule has 7 nitrogen and oxygen atoms in total. The maximum atomic E-state index is 12.8. The molecular formula is C20H30N4O3. The zero-order valence-electron chi connectivity index (χ0n) is 16.5. The number of carbonyl (C=O) groups is 3. The van der Waals surface area contributed by atoms with Crippen LogP contribution in [0.1, 0.15) is 44.5 Å². The third kappa shape index (κ3) is 5.29. The fraction of sp³-hybridized carbons (Fsp3) is 0.550. The van der Waals surface area contributed by atoms with Crippen LogP contribution in [0.3, 0.4) is 0 Å². The molecule has 4 N–H and O–H groups in total. The molecule has 0 unspecified atom stereocenters. The van der Waals surface area contributed by atoms with Crippen LogP contribution >= 0.6 is 0 Å². The molecule has 0 aliphatic carbocycles. The first-order valence-electron chi connectivity index (χ1n) is 9.29. The van der Waals surface area contributed by atoms with Gasteiger partial charge in [-0.25, -0.2) is 0 Å². The van der Waals surface area contributed by atoms with E-state index in [2.05, 4.69) is 10.6 Å². The van der Waals surface area contributed by atoms with Gasteiger partial charge in [0.1, 0.15) is 6.04 Å². The molecule has 1 aromatic carbocycles. The van der Waals surface area contributed by atoms with Crippen LogP contribution in [0.5, 0.6) is 0 Å². The zero-order valence-corrected chi connectivity index (χ0v) is 16.5. The van der Waals surface area contributed by atoms with Crippen molar-refractivity contribution in [2.75, 3.05) is 13.1 Å². The molecule has 3 amide bonds. The van der Waals surface area contributed by atoms with E-state index in [1.165, 1.54) is 4.90 Å². The highest BCUT2D eigenvalue weighted by molar-refractivity contribution is 5.95. The minimum Gasteiger partial charge on any atom is -0.351 e. The molecule has 27 heavy (non-hydrogen) atoms. The van der Waals surface area contributed by atoms with Gasteiger partial charge in [-0.05, 0) is 30.9 Å². The summed E-state index contributed by atoms with van der Waals surface area (Å²) >= 11 is 0. The predicted octanol–water partition coefficient (Wildman–Crippen LogP) is 0.895. The molecule has 0 radical (unpaired) electrons. The van der Waals surface area contributed by atoms with Crippen LogP contribution in [0, 0.1) is 5.41 Å². The number of hydrogen-bond acceptors (Lipinski definition) is 4. The van der Waals surface area contributed by atoms with Crippen LogP contribution in [-0.4, -0.2) is 53.8 Å². The lowest BCUT2D eigenvalue weighted by molar-refractivity contribution is -0.138. The van der Waals surface area contributed by atoms with Gasteiger partial charge < -0.3 is 21.3 Å². The lowest BCUT2D eigenvalue weighted by Gasteiger charge is -2.31. The van der Waals surface area contributed by atoms with Crippen molar-refractivity contribution in [3.8, 4) is 0 Å². The van der Waals surface area contributed by atoms with Crippen LogP contribution in [0.4, 0.5) is 0 Å². The van der Waals surface area contributed by atoms with Gasteiger partial charge in [0, 0.05) is 24.2 Å². The molecule has 148 valence electrons. The van der Waals surface area contributed by atoms with Crippen LogP contribution in [0.25, 0.3) is 0 Å². The minimum atomic E-state index is -0.632. The predicted molar refractivity (Wildman–Crippen MR) is 104 cm³/mol. The zero-order chi connectivity index (χ0) is 20.2. The fourth-order valence-corrected chi connectivity index (χ4v) is 2.97. The first-order chi connectivity index (χ1) is 12.6. The molecule has 2 rings (SSSR count). The quantitative estimate of drug-likeness (QED) is 0.712. The summed E-state index contributed by atoms with van der Waals surface area (Å²) in [7, 11) is 0. The smallest absolute Gasteiger partial charge is 0.251 e. The summed E-state index contributed by atoms with van der Waals surface area (Å²) < 4.78 is 0. The average molecular weight is 374 g/mol. The standard InChI is InChI=1S/C20H30N4O3/c1-13(20(2,3)4)22-19(27)16-10-15(12-24(16)17(25)11-21)23-18(26)14-8-6-5-7-9-14/h5-9,13,15-16H,10-12,21H2,1-4H3,(H,22,27)(H,23,26)/t13-,15-,16+/m1/s1. The number of carbonyl (C=O) groups excluding carboxylic acids is 3. The maximum Gasteiger partial charge on any atom is 0.251 e. The summed E-state index contributed by atoms with van der Waals surface area (Å²) in [6.07, 6.45) is 0.368. The van der Waals surface area contributed by atoms with Gasteiger partial charge in [0.05, 0.1) is 6.54 Å². The van der Waals surface area contributed by atoms with Crippen LogP contribution in [-0.2, 0) is 9.59 Å². The van der Waals surface area contributed by atoms with E-state index in [0.29, 0.717) is 12.0 Å². The Hall–Kier alpha value is -2.41. The highest BCUT2D eigenvalue weighted by Gasteiger charge is 2.40. The van der Waals surface area contributed by atoms with E-state index < -0.39 is 6.04 Å². The summed E-state index contributed by atoms with van der Waals surface area (Å²) in [6.45, 7) is 8.17. The molecular weight excluding hydrogens is 344 g/mol. The van der Waals surface area contributed by atoms with Gasteiger partial charge in [-0.1, -0.05) is 39.0 Å². The Morgan fingerprint density at radius 3 is 2.41 bits per heavy atom. The third-order valence-electron chi connectivity index (χ3n) is 5.13. The second-order valence-corrected chi connectivity index (χ2v) is 8.13. The van der Waals surface area contributed by atoms with Gasteiger partial charge >= 0.3 is 0 Å². The molecule has 0 bridgehead atoms. The second kappa shape index (κ2) is 8.52. The van der Waals surface area contributed by atoms with Gasteiger partial charge in [0.2, 0.25) is 11.8 Å². The summed E-state index contributed by atoms with van der Waals surface area (Å²) in [5.41, 5.74) is 5.96. The van der Waals surface area contributed by atoms with Crippen molar-refractivity contribution in [1.29, 1.82) is 0 Å². The van der Waals surface area contributed by atoms with Crippen molar-refractivity contribution in [3.63, 3.8) is 0 Å². The molecule has 0 saturated carbocycles. The summed E-state index contributed by atoms with van der Waals surface area (Å²) in [5.74, 6) is -0.726. The number of amides is 3. The lowest BCUT2D eigenvalue weighted by Crippen LogP contribution is -2.52. The third-order valence-corrected chi connectivity index (χ3v) is 5.13. The van der Waals surface area contributed by atoms with Crippen molar-refractivity contribution >= 4 is 17.7 Å². The van der Waals surface area contributed by atoms with Crippen molar-refractivity contribution in [2.45, 2.75) is 52.2 Å². The monoisotopic (exact) mass is 374 g/mol. The molecule has 7 heteroatoms. The van der Waals surface area contributed by atoms with E-state index in [0.717, 1.165) is 0 Å². The highest BCUT2D eigenvalue weighted by atomic mass is 16.2. The van der Waals surface area contributed by atoms with E-state index in [-0.39, 0.29) is 48.3 Å².